The average Bonchev–Trinajstić information content (AvgIpc) is 2.31. The third-order valence-electron chi connectivity index (χ3n) is 3.53. The van der Waals surface area contributed by atoms with E-state index in [1.54, 1.807) is 0 Å². The first kappa shape index (κ1) is 15.7. The van der Waals surface area contributed by atoms with Crippen LogP contribution in [0.2, 0.25) is 0 Å². The molecule has 0 aliphatic carbocycles. The molecule has 1 aromatic carbocycles. The lowest BCUT2D eigenvalue weighted by atomic mass is 9.97. The summed E-state index contributed by atoms with van der Waals surface area (Å²) in [5.74, 6) is 0.360. The molecule has 3 heteroatoms. The van der Waals surface area contributed by atoms with Crippen molar-refractivity contribution in [1.82, 2.24) is 5.32 Å². The van der Waals surface area contributed by atoms with Gasteiger partial charge in [0.05, 0.1) is 12.1 Å². The van der Waals surface area contributed by atoms with Gasteiger partial charge in [0, 0.05) is 0 Å². The first-order valence-electron chi connectivity index (χ1n) is 6.95. The van der Waals surface area contributed by atoms with Gasteiger partial charge in [0.2, 0.25) is 5.91 Å². The molecule has 0 aliphatic heterocycles. The van der Waals surface area contributed by atoms with E-state index in [4.69, 9.17) is 5.73 Å². The van der Waals surface area contributed by atoms with E-state index in [1.807, 2.05) is 13.0 Å². The topological polar surface area (TPSA) is 55.1 Å². The van der Waals surface area contributed by atoms with Crippen LogP contribution in [-0.2, 0) is 4.79 Å². The number of nitrogens with one attached hydrogen (secondary N) is 1. The molecule has 0 fully saturated rings. The normalized spacial score (nSPS) is 14.3. The fraction of sp³-hybridized carbons (Fsp3) is 0.562. The number of hydrogen-bond acceptors (Lipinski definition) is 2. The van der Waals surface area contributed by atoms with Crippen LogP contribution in [0.15, 0.2) is 18.2 Å². The molecule has 0 heterocycles. The molecule has 0 saturated carbocycles. The molecule has 1 rings (SSSR count). The smallest absolute Gasteiger partial charge is 0.237 e. The average molecular weight is 262 g/mol. The molecular weight excluding hydrogens is 236 g/mol. The first-order valence-corrected chi connectivity index (χ1v) is 6.95. The van der Waals surface area contributed by atoms with Gasteiger partial charge in [0.1, 0.15) is 0 Å². The maximum absolute atomic E-state index is 12.0. The minimum Gasteiger partial charge on any atom is -0.348 e. The van der Waals surface area contributed by atoms with Crippen molar-refractivity contribution in [2.45, 2.75) is 53.1 Å². The van der Waals surface area contributed by atoms with Crippen LogP contribution >= 0.6 is 0 Å². The van der Waals surface area contributed by atoms with Crippen LogP contribution in [0.4, 0.5) is 0 Å². The van der Waals surface area contributed by atoms with E-state index in [1.165, 1.54) is 11.1 Å². The zero-order valence-corrected chi connectivity index (χ0v) is 12.7. The maximum Gasteiger partial charge on any atom is 0.237 e. The van der Waals surface area contributed by atoms with Crippen molar-refractivity contribution in [3.63, 3.8) is 0 Å². The third kappa shape index (κ3) is 4.35. The van der Waals surface area contributed by atoms with Gasteiger partial charge in [-0.25, -0.2) is 0 Å². The summed E-state index contributed by atoms with van der Waals surface area (Å²) in [5.41, 5.74) is 9.53. The lowest BCUT2D eigenvalue weighted by Crippen LogP contribution is -2.42. The van der Waals surface area contributed by atoms with Crippen molar-refractivity contribution in [3.05, 3.63) is 34.9 Å². The Kier molecular flexibility index (Phi) is 5.55. The number of aryl methyl sites for hydroxylation is 1. The van der Waals surface area contributed by atoms with E-state index in [0.717, 1.165) is 5.56 Å². The Morgan fingerprint density at radius 2 is 1.89 bits per heavy atom. The number of benzene rings is 1. The van der Waals surface area contributed by atoms with Crippen LogP contribution < -0.4 is 11.1 Å². The Morgan fingerprint density at radius 3 is 2.47 bits per heavy atom. The predicted octanol–water partition coefficient (Wildman–Crippen LogP) is 2.85. The highest BCUT2D eigenvalue weighted by molar-refractivity contribution is 5.81. The zero-order valence-electron chi connectivity index (χ0n) is 12.7. The van der Waals surface area contributed by atoms with Gasteiger partial charge in [-0.15, -0.1) is 0 Å². The second kappa shape index (κ2) is 6.71. The number of hydrogen-bond donors (Lipinski definition) is 2. The monoisotopic (exact) mass is 262 g/mol. The van der Waals surface area contributed by atoms with Crippen molar-refractivity contribution in [3.8, 4) is 0 Å². The largest absolute Gasteiger partial charge is 0.348 e. The summed E-state index contributed by atoms with van der Waals surface area (Å²) in [6.07, 6.45) is 0.714. The van der Waals surface area contributed by atoms with Crippen LogP contribution in [0.5, 0.6) is 0 Å². The molecule has 1 aromatic rings. The van der Waals surface area contributed by atoms with Gasteiger partial charge < -0.3 is 11.1 Å². The summed E-state index contributed by atoms with van der Waals surface area (Å²) in [6.45, 7) is 10.3. The summed E-state index contributed by atoms with van der Waals surface area (Å²) in [7, 11) is 0. The van der Waals surface area contributed by atoms with Crippen LogP contribution in [0, 0.1) is 19.8 Å². The van der Waals surface area contributed by atoms with E-state index in [-0.39, 0.29) is 11.9 Å². The molecule has 3 nitrogen and oxygen atoms in total. The van der Waals surface area contributed by atoms with Crippen LogP contribution in [-0.4, -0.2) is 11.9 Å². The Bertz CT molecular complexity index is 440. The predicted molar refractivity (Wildman–Crippen MR) is 79.9 cm³/mol. The minimum absolute atomic E-state index is 0.00869. The molecule has 106 valence electrons. The fourth-order valence-corrected chi connectivity index (χ4v) is 2.26. The molecule has 0 bridgehead atoms. The molecular formula is C16H26N2O. The maximum atomic E-state index is 12.0. The van der Waals surface area contributed by atoms with Gasteiger partial charge in [-0.3, -0.25) is 4.79 Å². The lowest BCUT2D eigenvalue weighted by molar-refractivity contribution is -0.123. The molecule has 19 heavy (non-hydrogen) atoms. The highest BCUT2D eigenvalue weighted by Gasteiger charge is 2.18. The zero-order chi connectivity index (χ0) is 14.6. The number of carbonyl (C=O) groups excluding carboxylic acids is 1. The molecule has 3 N–H and O–H groups in total. The van der Waals surface area contributed by atoms with Crippen LogP contribution in [0.25, 0.3) is 0 Å². The number of carbonyl (C=O) groups is 1. The minimum atomic E-state index is -0.424. The van der Waals surface area contributed by atoms with Gasteiger partial charge in [0.15, 0.2) is 0 Å². The van der Waals surface area contributed by atoms with Crippen molar-refractivity contribution in [2.75, 3.05) is 0 Å². The Hall–Kier alpha value is -1.35. The molecule has 2 atom stereocenters. The van der Waals surface area contributed by atoms with E-state index < -0.39 is 6.04 Å². The van der Waals surface area contributed by atoms with Crippen molar-refractivity contribution in [2.24, 2.45) is 11.7 Å². The van der Waals surface area contributed by atoms with Gasteiger partial charge >= 0.3 is 0 Å². The molecule has 0 saturated heterocycles. The van der Waals surface area contributed by atoms with Gasteiger partial charge in [-0.1, -0.05) is 32.0 Å². The third-order valence-corrected chi connectivity index (χ3v) is 3.53. The molecule has 1 unspecified atom stereocenters. The summed E-state index contributed by atoms with van der Waals surface area (Å²) in [5, 5.41) is 3.01. The van der Waals surface area contributed by atoms with Crippen LogP contribution in [0.3, 0.4) is 0 Å². The summed E-state index contributed by atoms with van der Waals surface area (Å²) in [4.78, 5) is 12.0. The number of nitrogens with two attached hydrogens (primary N) is 1. The Labute approximate surface area is 116 Å². The van der Waals surface area contributed by atoms with Gasteiger partial charge in [-0.2, -0.15) is 0 Å². The first-order chi connectivity index (χ1) is 8.82. The second-order valence-electron chi connectivity index (χ2n) is 5.76. The van der Waals surface area contributed by atoms with E-state index >= 15 is 0 Å². The van der Waals surface area contributed by atoms with Crippen molar-refractivity contribution >= 4 is 5.91 Å². The molecule has 0 spiro atoms. The Balaban J connectivity index is 2.71. The number of rotatable bonds is 5. The quantitative estimate of drug-likeness (QED) is 0.857. The fourth-order valence-electron chi connectivity index (χ4n) is 2.26. The highest BCUT2D eigenvalue weighted by atomic mass is 16.2. The number of amides is 1. The molecule has 0 aliphatic rings. The van der Waals surface area contributed by atoms with E-state index in [2.05, 4.69) is 45.1 Å². The van der Waals surface area contributed by atoms with Gasteiger partial charge in [-0.05, 0) is 49.8 Å². The summed E-state index contributed by atoms with van der Waals surface area (Å²) in [6, 6.07) is 5.73. The molecule has 0 radical (unpaired) electrons. The molecule has 0 aromatic heterocycles. The highest BCUT2D eigenvalue weighted by Crippen LogP contribution is 2.20. The van der Waals surface area contributed by atoms with Crippen molar-refractivity contribution < 1.29 is 4.79 Å². The second-order valence-corrected chi connectivity index (χ2v) is 5.76. The Morgan fingerprint density at radius 1 is 1.26 bits per heavy atom. The SMILES string of the molecule is Cc1cccc(C(C)NC(=O)[C@@H](N)CC(C)C)c1C. The van der Waals surface area contributed by atoms with Gasteiger partial charge in [0.25, 0.3) is 0 Å². The lowest BCUT2D eigenvalue weighted by Gasteiger charge is -2.21. The van der Waals surface area contributed by atoms with E-state index in [9.17, 15) is 4.79 Å². The summed E-state index contributed by atoms with van der Waals surface area (Å²) < 4.78 is 0. The molecule has 1 amide bonds. The van der Waals surface area contributed by atoms with Crippen LogP contribution in [0.1, 0.15) is 49.9 Å². The standard InChI is InChI=1S/C16H26N2O/c1-10(2)9-15(17)16(19)18-13(5)14-8-6-7-11(3)12(14)4/h6-8,10,13,15H,9,17H2,1-5H3,(H,18,19)/t13?,15-/m0/s1. The summed E-state index contributed by atoms with van der Waals surface area (Å²) >= 11 is 0. The van der Waals surface area contributed by atoms with E-state index in [0.29, 0.717) is 12.3 Å². The van der Waals surface area contributed by atoms with Crippen molar-refractivity contribution in [1.29, 1.82) is 0 Å².